The summed E-state index contributed by atoms with van der Waals surface area (Å²) in [4.78, 5) is 2.53. The van der Waals surface area contributed by atoms with E-state index in [-0.39, 0.29) is 0 Å². The highest BCUT2D eigenvalue weighted by molar-refractivity contribution is 5.60. The van der Waals surface area contributed by atoms with E-state index < -0.39 is 0 Å². The fraction of sp³-hybridized carbons (Fsp3) is 0.562. The molecular formula is C16H21N3. The Morgan fingerprint density at radius 3 is 3.21 bits per heavy atom. The molecule has 1 aromatic rings. The maximum absolute atomic E-state index is 8.63. The third kappa shape index (κ3) is 2.46. The fourth-order valence-electron chi connectivity index (χ4n) is 3.41. The van der Waals surface area contributed by atoms with Crippen LogP contribution in [0.3, 0.4) is 0 Å². The molecule has 2 unspecified atom stereocenters. The lowest BCUT2D eigenvalue weighted by Gasteiger charge is -2.35. The zero-order valence-corrected chi connectivity index (χ0v) is 11.5. The SMILES string of the molecule is Cc1ccc2c(c1)C1CN(CCCC#N)CCC1N2. The number of unbranched alkanes of at least 4 members (excludes halogenated alkanes) is 1. The van der Waals surface area contributed by atoms with Crippen molar-refractivity contribution in [1.82, 2.24) is 4.90 Å². The van der Waals surface area contributed by atoms with Crippen LogP contribution >= 0.6 is 0 Å². The third-order valence-electron chi connectivity index (χ3n) is 4.41. The van der Waals surface area contributed by atoms with E-state index in [0.717, 1.165) is 26.1 Å². The first-order valence-electron chi connectivity index (χ1n) is 7.24. The van der Waals surface area contributed by atoms with Crippen molar-refractivity contribution in [2.75, 3.05) is 25.0 Å². The van der Waals surface area contributed by atoms with Gasteiger partial charge in [-0.05, 0) is 37.9 Å². The zero-order valence-electron chi connectivity index (χ0n) is 11.5. The van der Waals surface area contributed by atoms with Gasteiger partial charge in [-0.25, -0.2) is 0 Å². The van der Waals surface area contributed by atoms with Gasteiger partial charge in [0.05, 0.1) is 6.07 Å². The van der Waals surface area contributed by atoms with Crippen molar-refractivity contribution < 1.29 is 0 Å². The van der Waals surface area contributed by atoms with Gasteiger partial charge in [0.25, 0.3) is 0 Å². The summed E-state index contributed by atoms with van der Waals surface area (Å²) in [5.41, 5.74) is 4.18. The average molecular weight is 255 g/mol. The monoisotopic (exact) mass is 255 g/mol. The Kier molecular flexibility index (Phi) is 3.44. The number of nitrogens with zero attached hydrogens (tertiary/aromatic N) is 2. The molecule has 3 rings (SSSR count). The maximum atomic E-state index is 8.63. The number of aryl methyl sites for hydroxylation is 1. The van der Waals surface area contributed by atoms with Crippen LogP contribution in [-0.4, -0.2) is 30.6 Å². The summed E-state index contributed by atoms with van der Waals surface area (Å²) in [6, 6.07) is 9.61. The molecule has 1 N–H and O–H groups in total. The van der Waals surface area contributed by atoms with E-state index in [1.165, 1.54) is 23.2 Å². The number of piperidine rings is 1. The Hall–Kier alpha value is -1.53. The Labute approximate surface area is 115 Å². The van der Waals surface area contributed by atoms with Crippen molar-refractivity contribution in [2.24, 2.45) is 0 Å². The zero-order chi connectivity index (χ0) is 13.2. The number of rotatable bonds is 3. The van der Waals surface area contributed by atoms with E-state index in [2.05, 4.69) is 41.4 Å². The molecule has 0 aliphatic carbocycles. The molecule has 0 saturated carbocycles. The quantitative estimate of drug-likeness (QED) is 0.844. The van der Waals surface area contributed by atoms with E-state index in [4.69, 9.17) is 5.26 Å². The molecule has 3 nitrogen and oxygen atoms in total. The predicted octanol–water partition coefficient (Wildman–Crippen LogP) is 2.88. The molecule has 1 fully saturated rings. The summed E-state index contributed by atoms with van der Waals surface area (Å²) < 4.78 is 0. The highest BCUT2D eigenvalue weighted by Crippen LogP contribution is 2.40. The van der Waals surface area contributed by atoms with Gasteiger partial charge >= 0.3 is 0 Å². The molecule has 1 saturated heterocycles. The molecule has 2 atom stereocenters. The molecule has 2 aliphatic rings. The van der Waals surface area contributed by atoms with Crippen LogP contribution in [0.1, 0.15) is 36.3 Å². The molecule has 0 spiro atoms. The second kappa shape index (κ2) is 5.22. The van der Waals surface area contributed by atoms with Gasteiger partial charge in [-0.15, -0.1) is 0 Å². The van der Waals surface area contributed by atoms with Gasteiger partial charge in [0.2, 0.25) is 0 Å². The van der Waals surface area contributed by atoms with Gasteiger partial charge < -0.3 is 10.2 Å². The number of hydrogen-bond acceptors (Lipinski definition) is 3. The van der Waals surface area contributed by atoms with E-state index >= 15 is 0 Å². The minimum absolute atomic E-state index is 0.615. The summed E-state index contributed by atoms with van der Waals surface area (Å²) in [7, 11) is 0. The van der Waals surface area contributed by atoms with Crippen molar-refractivity contribution in [3.63, 3.8) is 0 Å². The Morgan fingerprint density at radius 2 is 2.37 bits per heavy atom. The van der Waals surface area contributed by atoms with Crippen LogP contribution < -0.4 is 5.32 Å². The van der Waals surface area contributed by atoms with Gasteiger partial charge in [-0.3, -0.25) is 0 Å². The molecule has 100 valence electrons. The maximum Gasteiger partial charge on any atom is 0.0622 e. The summed E-state index contributed by atoms with van der Waals surface area (Å²) >= 11 is 0. The van der Waals surface area contributed by atoms with Crippen LogP contribution in [0.2, 0.25) is 0 Å². The summed E-state index contributed by atoms with van der Waals surface area (Å²) in [6.07, 6.45) is 2.89. The standard InChI is InChI=1S/C16H21N3/c1-12-4-5-15-13(10-12)14-11-19(8-3-2-7-17)9-6-16(14)18-15/h4-5,10,14,16,18H,2-3,6,8-9,11H2,1H3. The molecule has 2 heterocycles. The van der Waals surface area contributed by atoms with Crippen molar-refractivity contribution in [2.45, 2.75) is 38.1 Å². The number of fused-ring (bicyclic) bond motifs is 3. The lowest BCUT2D eigenvalue weighted by molar-refractivity contribution is 0.201. The van der Waals surface area contributed by atoms with Crippen LogP contribution in [0, 0.1) is 18.3 Å². The lowest BCUT2D eigenvalue weighted by atomic mass is 9.88. The molecule has 19 heavy (non-hydrogen) atoms. The second-order valence-corrected chi connectivity index (χ2v) is 5.80. The fourth-order valence-corrected chi connectivity index (χ4v) is 3.41. The molecule has 0 aromatic heterocycles. The van der Waals surface area contributed by atoms with Gasteiger partial charge in [0.15, 0.2) is 0 Å². The smallest absolute Gasteiger partial charge is 0.0622 e. The van der Waals surface area contributed by atoms with E-state index in [0.29, 0.717) is 18.4 Å². The number of benzene rings is 1. The highest BCUT2D eigenvalue weighted by atomic mass is 15.2. The first kappa shape index (κ1) is 12.5. The molecule has 1 aromatic carbocycles. The number of anilines is 1. The van der Waals surface area contributed by atoms with Crippen LogP contribution in [-0.2, 0) is 0 Å². The van der Waals surface area contributed by atoms with Gasteiger partial charge in [-0.1, -0.05) is 17.7 Å². The third-order valence-corrected chi connectivity index (χ3v) is 4.41. The number of hydrogen-bond donors (Lipinski definition) is 1. The first-order chi connectivity index (χ1) is 9.28. The molecular weight excluding hydrogens is 234 g/mol. The van der Waals surface area contributed by atoms with Gasteiger partial charge in [0.1, 0.15) is 0 Å². The molecule has 0 amide bonds. The van der Waals surface area contributed by atoms with Gasteiger partial charge in [0, 0.05) is 37.2 Å². The number of nitriles is 1. The van der Waals surface area contributed by atoms with Crippen molar-refractivity contribution >= 4 is 5.69 Å². The van der Waals surface area contributed by atoms with Crippen LogP contribution in [0.25, 0.3) is 0 Å². The molecule has 3 heteroatoms. The van der Waals surface area contributed by atoms with Crippen molar-refractivity contribution in [3.8, 4) is 6.07 Å². The predicted molar refractivity (Wildman–Crippen MR) is 77.2 cm³/mol. The summed E-state index contributed by atoms with van der Waals surface area (Å²) in [5, 5.41) is 12.3. The largest absolute Gasteiger partial charge is 0.381 e. The van der Waals surface area contributed by atoms with Crippen LogP contribution in [0.4, 0.5) is 5.69 Å². The first-order valence-corrected chi connectivity index (χ1v) is 7.24. The Morgan fingerprint density at radius 1 is 1.47 bits per heavy atom. The minimum Gasteiger partial charge on any atom is -0.381 e. The second-order valence-electron chi connectivity index (χ2n) is 5.80. The van der Waals surface area contributed by atoms with Crippen LogP contribution in [0.5, 0.6) is 0 Å². The topological polar surface area (TPSA) is 39.1 Å². The molecule has 0 radical (unpaired) electrons. The normalized spacial score (nSPS) is 25.3. The Balaban J connectivity index is 1.70. The van der Waals surface area contributed by atoms with Gasteiger partial charge in [-0.2, -0.15) is 5.26 Å². The van der Waals surface area contributed by atoms with E-state index in [1.807, 2.05) is 0 Å². The number of nitrogens with one attached hydrogen (secondary N) is 1. The summed E-state index contributed by atoms with van der Waals surface area (Å²) in [6.45, 7) is 5.53. The van der Waals surface area contributed by atoms with Crippen molar-refractivity contribution in [3.05, 3.63) is 29.3 Å². The lowest BCUT2D eigenvalue weighted by Crippen LogP contribution is -2.42. The van der Waals surface area contributed by atoms with Crippen LogP contribution in [0.15, 0.2) is 18.2 Å². The minimum atomic E-state index is 0.615. The molecule has 2 aliphatic heterocycles. The van der Waals surface area contributed by atoms with E-state index in [1.54, 1.807) is 0 Å². The average Bonchev–Trinajstić information content (AvgIpc) is 2.77. The molecule has 0 bridgehead atoms. The summed E-state index contributed by atoms with van der Waals surface area (Å²) in [5.74, 6) is 0.630. The van der Waals surface area contributed by atoms with Crippen molar-refractivity contribution in [1.29, 1.82) is 5.26 Å². The number of likely N-dealkylation sites (tertiary alicyclic amines) is 1. The van der Waals surface area contributed by atoms with E-state index in [9.17, 15) is 0 Å². The highest BCUT2D eigenvalue weighted by Gasteiger charge is 2.36. The Bertz CT molecular complexity index is 503.